The molecule has 6 rings (SSSR count). The van der Waals surface area contributed by atoms with Gasteiger partial charge in [-0.1, -0.05) is 127 Å². The number of allylic oxidation sites excluding steroid dienone is 5. The normalized spacial score (nSPS) is 13.0. The SMILES string of the molecule is C(=Cc1cc(-c2ccccc2)[s+]c(-c2ccccc2)c1)C=C1C=C(c2ccccc2)SC(c2ccccc2)=C1.F[B-](F)(F)F. The maximum atomic E-state index is 9.75. The van der Waals surface area contributed by atoms with Crippen molar-refractivity contribution in [3.63, 3.8) is 0 Å². The van der Waals surface area contributed by atoms with Crippen LogP contribution >= 0.6 is 23.1 Å². The molecule has 0 unspecified atom stereocenters. The lowest BCUT2D eigenvalue weighted by molar-refractivity contribution is 0.368. The maximum absolute atomic E-state index is 9.75. The Hall–Kier alpha value is -4.46. The molecule has 1 aliphatic heterocycles. The molecule has 0 saturated carbocycles. The zero-order valence-corrected chi connectivity index (χ0v) is 25.1. The number of thioether (sulfide) groups is 1. The van der Waals surface area contributed by atoms with Crippen molar-refractivity contribution < 1.29 is 17.3 Å². The Kier molecular flexibility index (Phi) is 10.4. The summed E-state index contributed by atoms with van der Waals surface area (Å²) in [7, 11) is -6.00. The Morgan fingerprint density at radius 3 is 1.27 bits per heavy atom. The smallest absolute Gasteiger partial charge is 0.418 e. The monoisotopic (exact) mass is 622 g/mol. The van der Waals surface area contributed by atoms with E-state index in [-0.39, 0.29) is 0 Å². The standard InChI is InChI=1S/C37H27S2.BF4/c1-5-16-30(17-6-1)34-24-28(25-35(38-34)31-18-7-2-8-19-31)14-13-15-29-26-36(32-20-9-3-10-21-32)39-37(27-29)33-22-11-4-12-23-33;2-1(3,4)5/h1-27H;/q+1;-1. The van der Waals surface area contributed by atoms with Gasteiger partial charge in [-0.05, 0) is 58.7 Å². The van der Waals surface area contributed by atoms with Gasteiger partial charge in [0.2, 0.25) is 21.1 Å². The van der Waals surface area contributed by atoms with E-state index in [0.29, 0.717) is 0 Å². The fourth-order valence-corrected chi connectivity index (χ4v) is 6.75. The molecule has 0 amide bonds. The van der Waals surface area contributed by atoms with Crippen LogP contribution in [0.1, 0.15) is 16.7 Å². The number of rotatable bonds is 6. The third kappa shape index (κ3) is 9.27. The predicted molar refractivity (Wildman–Crippen MR) is 183 cm³/mol. The summed E-state index contributed by atoms with van der Waals surface area (Å²) in [4.78, 5) is 5.04. The van der Waals surface area contributed by atoms with E-state index in [1.54, 1.807) is 0 Å². The first-order valence-electron chi connectivity index (χ1n) is 13.9. The van der Waals surface area contributed by atoms with Gasteiger partial charge in [-0.15, -0.1) is 0 Å². The molecular weight excluding hydrogens is 595 g/mol. The fourth-order valence-electron chi connectivity index (χ4n) is 4.49. The molecular formula is C37H27BF4S2. The Morgan fingerprint density at radius 1 is 0.523 bits per heavy atom. The molecule has 0 N–H and O–H groups in total. The van der Waals surface area contributed by atoms with E-state index in [0.717, 1.165) is 0 Å². The van der Waals surface area contributed by atoms with Gasteiger partial charge in [0.1, 0.15) is 0 Å². The van der Waals surface area contributed by atoms with Gasteiger partial charge in [0, 0.05) is 33.1 Å². The zero-order chi connectivity index (χ0) is 30.8. The molecule has 0 fully saturated rings. The van der Waals surface area contributed by atoms with Crippen molar-refractivity contribution in [2.75, 3.05) is 0 Å². The minimum Gasteiger partial charge on any atom is -0.418 e. The first kappa shape index (κ1) is 31.0. The van der Waals surface area contributed by atoms with Crippen LogP contribution < -0.4 is 0 Å². The second kappa shape index (κ2) is 14.8. The summed E-state index contributed by atoms with van der Waals surface area (Å²) in [5, 5.41) is 0. The summed E-state index contributed by atoms with van der Waals surface area (Å²) >= 11 is 3.66. The van der Waals surface area contributed by atoms with E-state index in [4.69, 9.17) is 0 Å². The maximum Gasteiger partial charge on any atom is 0.673 e. The summed E-state index contributed by atoms with van der Waals surface area (Å²) in [6, 6.07) is 47.1. The van der Waals surface area contributed by atoms with Crippen molar-refractivity contribution in [2.24, 2.45) is 0 Å². The lowest BCUT2D eigenvalue weighted by Crippen LogP contribution is -2.02. The van der Waals surface area contributed by atoms with Crippen LogP contribution in [0.5, 0.6) is 0 Å². The Bertz CT molecular complexity index is 1680. The van der Waals surface area contributed by atoms with Crippen molar-refractivity contribution in [1.29, 1.82) is 0 Å². The van der Waals surface area contributed by atoms with E-state index in [2.05, 4.69) is 164 Å². The molecule has 0 nitrogen and oxygen atoms in total. The van der Waals surface area contributed by atoms with Crippen molar-refractivity contribution in [2.45, 2.75) is 0 Å². The van der Waals surface area contributed by atoms with Crippen LogP contribution in [0.2, 0.25) is 0 Å². The quantitative estimate of drug-likeness (QED) is 0.103. The number of hydrogen-bond acceptors (Lipinski definition) is 1. The number of benzene rings is 4. The van der Waals surface area contributed by atoms with Crippen molar-refractivity contribution in [3.05, 3.63) is 180 Å². The third-order valence-corrected chi connectivity index (χ3v) is 8.74. The molecule has 0 bridgehead atoms. The second-order valence-electron chi connectivity index (χ2n) is 9.72. The highest BCUT2D eigenvalue weighted by Gasteiger charge is 2.21. The van der Waals surface area contributed by atoms with Crippen molar-refractivity contribution in [3.8, 4) is 20.9 Å². The average Bonchev–Trinajstić information content (AvgIpc) is 3.05. The molecule has 1 aliphatic rings. The zero-order valence-electron chi connectivity index (χ0n) is 23.5. The van der Waals surface area contributed by atoms with E-state index in [1.807, 2.05) is 23.1 Å². The molecule has 1 aromatic heterocycles. The molecule has 218 valence electrons. The summed E-state index contributed by atoms with van der Waals surface area (Å²) in [5.41, 5.74) is 7.33. The highest BCUT2D eigenvalue weighted by Crippen LogP contribution is 2.44. The van der Waals surface area contributed by atoms with Gasteiger partial charge in [-0.3, -0.25) is 0 Å². The van der Waals surface area contributed by atoms with E-state index in [9.17, 15) is 17.3 Å². The van der Waals surface area contributed by atoms with Crippen LogP contribution in [0.25, 0.3) is 36.8 Å². The molecule has 7 heteroatoms. The largest absolute Gasteiger partial charge is 0.673 e. The molecule has 2 heterocycles. The molecule has 0 radical (unpaired) electrons. The van der Waals surface area contributed by atoms with Gasteiger partial charge >= 0.3 is 7.25 Å². The molecule has 0 spiro atoms. The van der Waals surface area contributed by atoms with Crippen molar-refractivity contribution >= 4 is 46.2 Å². The minimum atomic E-state index is -6.00. The summed E-state index contributed by atoms with van der Waals surface area (Å²) in [6.07, 6.45) is 11.2. The molecule has 0 atom stereocenters. The predicted octanol–water partition coefficient (Wildman–Crippen LogP) is 12.4. The summed E-state index contributed by atoms with van der Waals surface area (Å²) in [6.45, 7) is 0. The Labute approximate surface area is 263 Å². The van der Waals surface area contributed by atoms with Gasteiger partial charge in [-0.2, -0.15) is 0 Å². The van der Waals surface area contributed by atoms with Crippen LogP contribution in [-0.2, 0) is 0 Å². The first-order valence-corrected chi connectivity index (χ1v) is 15.5. The average molecular weight is 623 g/mol. The van der Waals surface area contributed by atoms with E-state index >= 15 is 0 Å². The topological polar surface area (TPSA) is 0 Å². The Balaban J connectivity index is 0.000000712. The van der Waals surface area contributed by atoms with Gasteiger partial charge in [0.15, 0.2) is 0 Å². The second-order valence-corrected chi connectivity index (χ2v) is 11.9. The Morgan fingerprint density at radius 2 is 0.886 bits per heavy atom. The van der Waals surface area contributed by atoms with Gasteiger partial charge in [0.05, 0.1) is 0 Å². The lowest BCUT2D eigenvalue weighted by Gasteiger charge is -2.17. The van der Waals surface area contributed by atoms with Crippen LogP contribution in [0.3, 0.4) is 0 Å². The highest BCUT2D eigenvalue weighted by molar-refractivity contribution is 8.16. The van der Waals surface area contributed by atoms with Gasteiger partial charge in [-0.25, -0.2) is 0 Å². The van der Waals surface area contributed by atoms with Gasteiger partial charge < -0.3 is 17.3 Å². The molecule has 0 saturated heterocycles. The number of halogens is 4. The minimum absolute atomic E-state index is 1.19. The molecule has 44 heavy (non-hydrogen) atoms. The molecule has 4 aromatic carbocycles. The van der Waals surface area contributed by atoms with Crippen LogP contribution in [0.4, 0.5) is 17.3 Å². The van der Waals surface area contributed by atoms with Crippen LogP contribution in [0.15, 0.2) is 163 Å². The van der Waals surface area contributed by atoms with E-state index < -0.39 is 7.25 Å². The molecule has 5 aromatic rings. The lowest BCUT2D eigenvalue weighted by atomic mass is 10.1. The third-order valence-electron chi connectivity index (χ3n) is 6.44. The molecule has 0 aliphatic carbocycles. The summed E-state index contributed by atoms with van der Waals surface area (Å²) < 4.78 is 39.0. The van der Waals surface area contributed by atoms with Crippen molar-refractivity contribution in [1.82, 2.24) is 0 Å². The van der Waals surface area contributed by atoms with Crippen LogP contribution in [0, 0.1) is 0 Å². The van der Waals surface area contributed by atoms with Crippen LogP contribution in [-0.4, -0.2) is 7.25 Å². The van der Waals surface area contributed by atoms with Gasteiger partial charge in [0.25, 0.3) is 0 Å². The number of hydrogen-bond donors (Lipinski definition) is 0. The van der Waals surface area contributed by atoms with E-state index in [1.165, 1.54) is 53.0 Å². The highest BCUT2D eigenvalue weighted by atomic mass is 32.2. The fraction of sp³-hybridized carbons (Fsp3) is 0. The summed E-state index contributed by atoms with van der Waals surface area (Å²) in [5.74, 6) is 0. The first-order chi connectivity index (χ1) is 21.3.